The van der Waals surface area contributed by atoms with Crippen LogP contribution in [-0.4, -0.2) is 19.5 Å². The third kappa shape index (κ3) is 5.29. The van der Waals surface area contributed by atoms with Crippen LogP contribution in [0.15, 0.2) is 199 Å². The molecule has 262 valence electrons. The average Bonchev–Trinajstić information content (AvgIpc) is 3.83. The Labute approximate surface area is 322 Å². The monoisotopic (exact) mass is 716 g/mol. The van der Waals surface area contributed by atoms with Crippen LogP contribution < -0.4 is 0 Å². The molecule has 11 rings (SSSR count). The Morgan fingerprint density at radius 1 is 0.375 bits per heavy atom. The molecular weight excluding hydrogens is 685 g/mol. The van der Waals surface area contributed by atoms with E-state index < -0.39 is 0 Å². The van der Waals surface area contributed by atoms with Gasteiger partial charge in [0.25, 0.3) is 0 Å². The molecule has 3 heterocycles. The van der Waals surface area contributed by atoms with Gasteiger partial charge in [0.15, 0.2) is 17.5 Å². The van der Waals surface area contributed by atoms with Crippen molar-refractivity contribution in [2.75, 3.05) is 0 Å². The lowest BCUT2D eigenvalue weighted by atomic mass is 9.96. The summed E-state index contributed by atoms with van der Waals surface area (Å²) in [4.78, 5) is 15.6. The number of hydrogen-bond donors (Lipinski definition) is 0. The molecule has 0 fully saturated rings. The third-order valence-corrected chi connectivity index (χ3v) is 10.6. The standard InChI is InChI=1S/C51H32N4O/c1-5-16-33(17-6-1)36-30-37(34-18-7-2-8-19-34)32-38(31-36)50-52-49(35-20-9-3-10-21-35)53-51(54-50)43-26-15-25-42-46-45(56-48(42)43)29-28-41-40-24-13-14-27-44(40)55(47(41)46)39-22-11-4-12-23-39/h1-32H. The first-order valence-corrected chi connectivity index (χ1v) is 18.8. The lowest BCUT2D eigenvalue weighted by molar-refractivity contribution is 0.669. The lowest BCUT2D eigenvalue weighted by Gasteiger charge is -2.12. The molecule has 0 radical (unpaired) electrons. The van der Waals surface area contributed by atoms with Crippen molar-refractivity contribution in [3.63, 3.8) is 0 Å². The fourth-order valence-corrected chi connectivity index (χ4v) is 8.05. The Balaban J connectivity index is 1.17. The zero-order valence-electron chi connectivity index (χ0n) is 30.2. The number of para-hydroxylation sites is 3. The minimum absolute atomic E-state index is 0.546. The van der Waals surface area contributed by atoms with E-state index in [1.165, 1.54) is 10.8 Å². The zero-order chi connectivity index (χ0) is 37.0. The van der Waals surface area contributed by atoms with Crippen molar-refractivity contribution in [3.8, 4) is 62.1 Å². The quantitative estimate of drug-likeness (QED) is 0.172. The second-order valence-electron chi connectivity index (χ2n) is 14.0. The minimum atomic E-state index is 0.546. The minimum Gasteiger partial charge on any atom is -0.455 e. The number of rotatable bonds is 6. The molecule has 0 aliphatic heterocycles. The van der Waals surface area contributed by atoms with Gasteiger partial charge in [0.2, 0.25) is 0 Å². The number of benzene rings is 8. The summed E-state index contributed by atoms with van der Waals surface area (Å²) in [5, 5.41) is 4.43. The van der Waals surface area contributed by atoms with Gasteiger partial charge in [-0.1, -0.05) is 140 Å². The van der Waals surface area contributed by atoms with Gasteiger partial charge in [0.05, 0.1) is 22.0 Å². The van der Waals surface area contributed by atoms with Crippen LogP contribution in [0.2, 0.25) is 0 Å². The van der Waals surface area contributed by atoms with Crippen LogP contribution in [0.1, 0.15) is 0 Å². The molecule has 0 saturated heterocycles. The molecule has 0 amide bonds. The van der Waals surface area contributed by atoms with Gasteiger partial charge in [-0.3, -0.25) is 0 Å². The van der Waals surface area contributed by atoms with Crippen LogP contribution in [-0.2, 0) is 0 Å². The average molecular weight is 717 g/mol. The van der Waals surface area contributed by atoms with Gasteiger partial charge in [-0.2, -0.15) is 0 Å². The summed E-state index contributed by atoms with van der Waals surface area (Å²) in [6.45, 7) is 0. The fraction of sp³-hybridized carbons (Fsp3) is 0. The maximum absolute atomic E-state index is 6.86. The lowest BCUT2D eigenvalue weighted by Crippen LogP contribution is -2.01. The molecule has 5 heteroatoms. The summed E-state index contributed by atoms with van der Waals surface area (Å²) in [6.07, 6.45) is 0. The van der Waals surface area contributed by atoms with Gasteiger partial charge in [-0.05, 0) is 76.9 Å². The summed E-state index contributed by atoms with van der Waals surface area (Å²) >= 11 is 0. The van der Waals surface area contributed by atoms with Crippen molar-refractivity contribution >= 4 is 43.7 Å². The zero-order valence-corrected chi connectivity index (χ0v) is 30.2. The molecule has 56 heavy (non-hydrogen) atoms. The molecule has 0 unspecified atom stereocenters. The number of furan rings is 1. The van der Waals surface area contributed by atoms with E-state index in [4.69, 9.17) is 19.4 Å². The SMILES string of the molecule is c1ccc(-c2cc(-c3ccccc3)cc(-c3nc(-c4ccccc4)nc(-c4cccc5c4oc4ccc6c7ccccc7n(-c7ccccc7)c6c45)n3)c2)cc1. The largest absolute Gasteiger partial charge is 0.455 e. The Hall–Kier alpha value is -7.63. The predicted molar refractivity (Wildman–Crippen MR) is 229 cm³/mol. The maximum Gasteiger partial charge on any atom is 0.167 e. The first kappa shape index (κ1) is 31.9. The molecule has 3 aromatic heterocycles. The molecule has 8 aromatic carbocycles. The summed E-state index contributed by atoms with van der Waals surface area (Å²) in [5.74, 6) is 1.73. The summed E-state index contributed by atoms with van der Waals surface area (Å²) in [5.41, 5.74) is 11.9. The second kappa shape index (κ2) is 13.0. The highest BCUT2D eigenvalue weighted by atomic mass is 16.3. The first-order chi connectivity index (χ1) is 27.8. The number of fused-ring (bicyclic) bond motifs is 7. The van der Waals surface area contributed by atoms with Crippen LogP contribution >= 0.6 is 0 Å². The molecule has 11 aromatic rings. The molecule has 0 N–H and O–H groups in total. The van der Waals surface area contributed by atoms with Gasteiger partial charge in [-0.15, -0.1) is 0 Å². The van der Waals surface area contributed by atoms with E-state index in [0.29, 0.717) is 17.5 Å². The Morgan fingerprint density at radius 3 is 1.59 bits per heavy atom. The highest BCUT2D eigenvalue weighted by molar-refractivity contribution is 6.25. The van der Waals surface area contributed by atoms with E-state index in [-0.39, 0.29) is 0 Å². The number of nitrogens with zero attached hydrogens (tertiary/aromatic N) is 4. The van der Waals surface area contributed by atoms with Gasteiger partial charge in [0.1, 0.15) is 11.2 Å². The molecule has 5 nitrogen and oxygen atoms in total. The van der Waals surface area contributed by atoms with Gasteiger partial charge < -0.3 is 8.98 Å². The topological polar surface area (TPSA) is 56.7 Å². The van der Waals surface area contributed by atoms with Crippen molar-refractivity contribution in [2.45, 2.75) is 0 Å². The van der Waals surface area contributed by atoms with Crippen molar-refractivity contribution < 1.29 is 4.42 Å². The van der Waals surface area contributed by atoms with Crippen molar-refractivity contribution in [3.05, 3.63) is 194 Å². The fourth-order valence-electron chi connectivity index (χ4n) is 8.05. The van der Waals surface area contributed by atoms with Gasteiger partial charge in [0, 0.05) is 33.0 Å². The molecular formula is C51H32N4O. The molecule has 0 aliphatic carbocycles. The normalized spacial score (nSPS) is 11.6. The molecule has 0 bridgehead atoms. The van der Waals surface area contributed by atoms with E-state index in [1.54, 1.807) is 0 Å². The highest BCUT2D eigenvalue weighted by Crippen LogP contribution is 2.43. The third-order valence-electron chi connectivity index (χ3n) is 10.6. The van der Waals surface area contributed by atoms with Crippen LogP contribution in [0.5, 0.6) is 0 Å². The van der Waals surface area contributed by atoms with Crippen molar-refractivity contribution in [1.82, 2.24) is 19.5 Å². The van der Waals surface area contributed by atoms with Gasteiger partial charge in [-0.25, -0.2) is 15.0 Å². The van der Waals surface area contributed by atoms with E-state index >= 15 is 0 Å². The van der Waals surface area contributed by atoms with Crippen LogP contribution in [0.3, 0.4) is 0 Å². The predicted octanol–water partition coefficient (Wildman–Crippen LogP) is 13.2. The molecule has 0 aliphatic rings. The summed E-state index contributed by atoms with van der Waals surface area (Å²) in [7, 11) is 0. The van der Waals surface area contributed by atoms with Crippen LogP contribution in [0.25, 0.3) is 106 Å². The Bertz CT molecular complexity index is 3170. The molecule has 0 saturated carbocycles. The molecule has 0 atom stereocenters. The van der Waals surface area contributed by atoms with Crippen LogP contribution in [0.4, 0.5) is 0 Å². The maximum atomic E-state index is 6.86. The number of hydrogen-bond acceptors (Lipinski definition) is 4. The highest BCUT2D eigenvalue weighted by Gasteiger charge is 2.22. The number of aromatic nitrogens is 4. The first-order valence-electron chi connectivity index (χ1n) is 18.8. The van der Waals surface area contributed by atoms with Crippen molar-refractivity contribution in [1.29, 1.82) is 0 Å². The van der Waals surface area contributed by atoms with Gasteiger partial charge >= 0.3 is 0 Å². The van der Waals surface area contributed by atoms with E-state index in [9.17, 15) is 0 Å². The Morgan fingerprint density at radius 2 is 0.911 bits per heavy atom. The van der Waals surface area contributed by atoms with Crippen LogP contribution in [0, 0.1) is 0 Å². The summed E-state index contributed by atoms with van der Waals surface area (Å²) in [6, 6.07) is 67.3. The van der Waals surface area contributed by atoms with E-state index in [1.807, 2.05) is 42.5 Å². The van der Waals surface area contributed by atoms with E-state index in [2.05, 4.69) is 156 Å². The second-order valence-corrected chi connectivity index (χ2v) is 14.0. The Kier molecular flexibility index (Phi) is 7.42. The molecule has 0 spiro atoms. The van der Waals surface area contributed by atoms with E-state index in [0.717, 1.165) is 77.6 Å². The summed E-state index contributed by atoms with van der Waals surface area (Å²) < 4.78 is 9.22. The van der Waals surface area contributed by atoms with Crippen molar-refractivity contribution in [2.24, 2.45) is 0 Å². The smallest absolute Gasteiger partial charge is 0.167 e.